The lowest BCUT2D eigenvalue weighted by molar-refractivity contribution is 0.266. The highest BCUT2D eigenvalue weighted by Gasteiger charge is 2.16. The number of nitrogens with one attached hydrogen (secondary N) is 1. The summed E-state index contributed by atoms with van der Waals surface area (Å²) in [6, 6.07) is 9.41. The zero-order valence-electron chi connectivity index (χ0n) is 15.3. The summed E-state index contributed by atoms with van der Waals surface area (Å²) in [5, 5.41) is 7.61. The number of rotatable bonds is 7. The van der Waals surface area contributed by atoms with E-state index in [0.29, 0.717) is 17.1 Å². The number of guanidine groups is 1. The molecule has 0 aliphatic heterocycles. The molecule has 28 heavy (non-hydrogen) atoms. The molecule has 0 heterocycles. The van der Waals surface area contributed by atoms with Gasteiger partial charge >= 0.3 is 10.1 Å². The molecule has 0 spiro atoms. The summed E-state index contributed by atoms with van der Waals surface area (Å²) in [5.41, 5.74) is 8.97. The summed E-state index contributed by atoms with van der Waals surface area (Å²) in [7, 11) is -1.10. The lowest BCUT2D eigenvalue weighted by Gasteiger charge is -2.10. The van der Waals surface area contributed by atoms with Crippen molar-refractivity contribution >= 4 is 33.9 Å². The SMILES string of the molecule is COc1ccc(C=NN=C(N)NOS(=O)(=O)c2ccc(C)cc2)c(Cl)c1OC. The molecule has 0 saturated heterocycles. The van der Waals surface area contributed by atoms with Gasteiger partial charge in [-0.1, -0.05) is 29.3 Å². The van der Waals surface area contributed by atoms with Gasteiger partial charge in [0.1, 0.15) is 0 Å². The Morgan fingerprint density at radius 3 is 2.43 bits per heavy atom. The monoisotopic (exact) mass is 426 g/mol. The molecule has 0 unspecified atom stereocenters. The van der Waals surface area contributed by atoms with Crippen molar-refractivity contribution in [1.29, 1.82) is 0 Å². The fourth-order valence-electron chi connectivity index (χ4n) is 2.03. The fraction of sp³-hybridized carbons (Fsp3) is 0.176. The first-order chi connectivity index (χ1) is 13.3. The van der Waals surface area contributed by atoms with Crippen LogP contribution in [-0.2, 0) is 14.4 Å². The standard InChI is InChI=1S/C17H19ClN4O5S/c1-11-4-7-13(8-5-11)28(23,24)27-22-17(19)21-20-10-12-6-9-14(25-2)16(26-3)15(12)18/h4-10H,1-3H3,(H3,19,21,22). The van der Waals surface area contributed by atoms with Crippen molar-refractivity contribution in [2.75, 3.05) is 14.2 Å². The van der Waals surface area contributed by atoms with Crippen LogP contribution in [-0.4, -0.2) is 34.8 Å². The highest BCUT2D eigenvalue weighted by molar-refractivity contribution is 7.86. The van der Waals surface area contributed by atoms with Gasteiger partial charge in [-0.05, 0) is 31.2 Å². The number of benzene rings is 2. The van der Waals surface area contributed by atoms with Crippen molar-refractivity contribution in [2.24, 2.45) is 15.9 Å². The van der Waals surface area contributed by atoms with E-state index in [9.17, 15) is 8.42 Å². The molecular formula is C17H19ClN4O5S. The third-order valence-electron chi connectivity index (χ3n) is 3.44. The lowest BCUT2D eigenvalue weighted by Crippen LogP contribution is -2.33. The topological polar surface area (TPSA) is 125 Å². The van der Waals surface area contributed by atoms with E-state index in [1.807, 2.05) is 12.4 Å². The Labute approximate surface area is 167 Å². The third kappa shape index (κ3) is 5.35. The van der Waals surface area contributed by atoms with E-state index in [0.717, 1.165) is 5.56 Å². The molecule has 0 aliphatic rings. The maximum absolute atomic E-state index is 12.0. The third-order valence-corrected chi connectivity index (χ3v) is 4.98. The Kier molecular flexibility index (Phi) is 7.21. The van der Waals surface area contributed by atoms with Gasteiger partial charge < -0.3 is 15.2 Å². The van der Waals surface area contributed by atoms with Crippen molar-refractivity contribution in [3.05, 3.63) is 52.5 Å². The van der Waals surface area contributed by atoms with E-state index in [2.05, 4.69) is 14.5 Å². The fourth-order valence-corrected chi connectivity index (χ4v) is 3.07. The first-order valence-corrected chi connectivity index (χ1v) is 9.60. The number of hydrogen-bond acceptors (Lipinski definition) is 7. The molecule has 150 valence electrons. The van der Waals surface area contributed by atoms with Crippen LogP contribution in [0.2, 0.25) is 5.02 Å². The number of halogens is 1. The molecule has 0 fully saturated rings. The van der Waals surface area contributed by atoms with Gasteiger partial charge in [0, 0.05) is 5.56 Å². The largest absolute Gasteiger partial charge is 0.493 e. The minimum absolute atomic E-state index is 0.0287. The summed E-state index contributed by atoms with van der Waals surface area (Å²) in [4.78, 5) is -0.0287. The molecule has 0 saturated carbocycles. The zero-order chi connectivity index (χ0) is 20.7. The molecule has 9 nitrogen and oxygen atoms in total. The second-order valence-corrected chi connectivity index (χ2v) is 7.31. The average Bonchev–Trinajstić information content (AvgIpc) is 2.67. The molecule has 2 aromatic carbocycles. The number of nitrogens with zero attached hydrogens (tertiary/aromatic N) is 2. The predicted molar refractivity (Wildman–Crippen MR) is 106 cm³/mol. The summed E-state index contributed by atoms with van der Waals surface area (Å²) in [6.07, 6.45) is 1.31. The summed E-state index contributed by atoms with van der Waals surface area (Å²) in [5.74, 6) is 0.434. The van der Waals surface area contributed by atoms with Crippen LogP contribution in [0.3, 0.4) is 0 Å². The zero-order valence-corrected chi connectivity index (χ0v) is 16.9. The minimum Gasteiger partial charge on any atom is -0.493 e. The molecule has 2 aromatic rings. The Morgan fingerprint density at radius 1 is 1.14 bits per heavy atom. The van der Waals surface area contributed by atoms with Crippen molar-refractivity contribution < 1.29 is 22.2 Å². The first-order valence-electron chi connectivity index (χ1n) is 7.81. The van der Waals surface area contributed by atoms with Gasteiger partial charge in [-0.25, -0.2) is 5.48 Å². The lowest BCUT2D eigenvalue weighted by atomic mass is 10.2. The predicted octanol–water partition coefficient (Wildman–Crippen LogP) is 2.22. The number of nitrogens with two attached hydrogens (primary N) is 1. The van der Waals surface area contributed by atoms with Gasteiger partial charge in [0.15, 0.2) is 11.5 Å². The minimum atomic E-state index is -4.05. The molecule has 0 radical (unpaired) electrons. The second-order valence-electron chi connectivity index (χ2n) is 5.39. The molecule has 0 bridgehead atoms. The van der Waals surface area contributed by atoms with Crippen LogP contribution >= 0.6 is 11.6 Å². The maximum Gasteiger partial charge on any atom is 0.317 e. The number of hydrogen-bond donors (Lipinski definition) is 2. The Balaban J connectivity index is 2.05. The van der Waals surface area contributed by atoms with Crippen molar-refractivity contribution in [3.63, 3.8) is 0 Å². The number of methoxy groups -OCH3 is 2. The van der Waals surface area contributed by atoms with Crippen LogP contribution in [0, 0.1) is 6.92 Å². The van der Waals surface area contributed by atoms with E-state index in [4.69, 9.17) is 26.8 Å². The van der Waals surface area contributed by atoms with E-state index in [1.165, 1.54) is 32.6 Å². The Hall–Kier alpha value is -2.82. The van der Waals surface area contributed by atoms with E-state index in [1.54, 1.807) is 24.3 Å². The molecular weight excluding hydrogens is 408 g/mol. The van der Waals surface area contributed by atoms with E-state index in [-0.39, 0.29) is 15.9 Å². The molecule has 0 aliphatic carbocycles. The normalized spacial score (nSPS) is 12.2. The summed E-state index contributed by atoms with van der Waals surface area (Å²) in [6.45, 7) is 1.84. The average molecular weight is 427 g/mol. The van der Waals surface area contributed by atoms with Gasteiger partial charge in [0.05, 0.1) is 30.4 Å². The smallest absolute Gasteiger partial charge is 0.317 e. The number of ether oxygens (including phenoxy) is 2. The number of aryl methyl sites for hydroxylation is 1. The maximum atomic E-state index is 12.0. The highest BCUT2D eigenvalue weighted by Crippen LogP contribution is 2.36. The Bertz CT molecular complexity index is 991. The van der Waals surface area contributed by atoms with E-state index < -0.39 is 10.1 Å². The molecule has 2 rings (SSSR count). The van der Waals surface area contributed by atoms with Gasteiger partial charge in [0.25, 0.3) is 0 Å². The summed E-state index contributed by atoms with van der Waals surface area (Å²) >= 11 is 6.21. The second kappa shape index (κ2) is 9.40. The quantitative estimate of drug-likeness (QED) is 0.395. The molecule has 0 aromatic heterocycles. The van der Waals surface area contributed by atoms with E-state index >= 15 is 0 Å². The van der Waals surface area contributed by atoms with Crippen LogP contribution in [0.5, 0.6) is 11.5 Å². The molecule has 11 heteroatoms. The molecule has 0 atom stereocenters. The van der Waals surface area contributed by atoms with Gasteiger partial charge in [-0.2, -0.15) is 13.5 Å². The van der Waals surface area contributed by atoms with Crippen molar-refractivity contribution in [1.82, 2.24) is 5.48 Å². The van der Waals surface area contributed by atoms with Crippen LogP contribution < -0.4 is 20.7 Å². The van der Waals surface area contributed by atoms with Gasteiger partial charge in [0.2, 0.25) is 5.96 Å². The summed E-state index contributed by atoms with van der Waals surface area (Å²) < 4.78 is 39.0. The molecule has 0 amide bonds. The Morgan fingerprint density at radius 2 is 1.82 bits per heavy atom. The highest BCUT2D eigenvalue weighted by atomic mass is 35.5. The van der Waals surface area contributed by atoms with Crippen molar-refractivity contribution in [2.45, 2.75) is 11.8 Å². The van der Waals surface area contributed by atoms with Gasteiger partial charge in [-0.3, -0.25) is 0 Å². The first kappa shape index (κ1) is 21.5. The van der Waals surface area contributed by atoms with Crippen LogP contribution in [0.1, 0.15) is 11.1 Å². The van der Waals surface area contributed by atoms with Crippen LogP contribution in [0.15, 0.2) is 51.5 Å². The number of hydroxylamine groups is 1. The van der Waals surface area contributed by atoms with Crippen LogP contribution in [0.4, 0.5) is 0 Å². The van der Waals surface area contributed by atoms with Crippen LogP contribution in [0.25, 0.3) is 0 Å². The van der Waals surface area contributed by atoms with Crippen molar-refractivity contribution in [3.8, 4) is 11.5 Å². The van der Waals surface area contributed by atoms with Gasteiger partial charge in [-0.15, -0.1) is 9.39 Å². The molecule has 3 N–H and O–H groups in total.